The van der Waals surface area contributed by atoms with Crippen LogP contribution in [0.1, 0.15) is 62.6 Å². The Bertz CT molecular complexity index is 4500. The number of fused-ring (bicyclic) bond motifs is 4. The molecule has 0 saturated heterocycles. The first-order chi connectivity index (χ1) is 40.0. The van der Waals surface area contributed by atoms with E-state index in [0.29, 0.717) is 60.9 Å². The Morgan fingerprint density at radius 3 is 1.24 bits per heavy atom. The van der Waals surface area contributed by atoms with Crippen molar-refractivity contribution in [3.63, 3.8) is 0 Å². The molecule has 4 heterocycles. The fourth-order valence-electron chi connectivity index (χ4n) is 9.67. The number of aromatic nitrogens is 4. The fourth-order valence-corrected chi connectivity index (χ4v) is 9.67. The molecule has 0 aliphatic rings. The van der Waals surface area contributed by atoms with Crippen LogP contribution < -0.4 is 42.0 Å². The van der Waals surface area contributed by atoms with E-state index in [2.05, 4.69) is 6.07 Å². The van der Waals surface area contributed by atoms with Gasteiger partial charge in [-0.15, -0.1) is 0 Å². The molecule has 12 aromatic rings. The number of ether oxygens (including phenoxy) is 4. The molecule has 0 radical (unpaired) electrons. The van der Waals surface area contributed by atoms with Gasteiger partial charge in [-0.2, -0.15) is 0 Å². The van der Waals surface area contributed by atoms with Crippen LogP contribution in [-0.2, 0) is 26.2 Å². The standard InChI is InChI=1S/3C17H17NO3.C16H15NO3/c1-11-4-5-16-15(8-11)18(17(19)21-16)10-13-6-12(2)7-14(9-13)20-3;1-11-7-15-16(8-12(11)2)21-17(19)18(15)10-13-5-4-6-14(9-13)20-3;1-3-20-14-6-4-5-13(10-14)11-18-15-9-12(2)7-8-16(15)21-17(18)19;1-11-4-3-5-12(8-11)10-17-14-9-13(19-2)6-7-15(14)20-16(17)18/h2*4-9H,10H2,1-3H3;4-10H,3,11H2,1-2H3;3-9H,10H2,1-2H3. The van der Waals surface area contributed by atoms with Gasteiger partial charge in [0, 0.05) is 6.07 Å². The van der Waals surface area contributed by atoms with Gasteiger partial charge in [0.05, 0.1) is 76.2 Å². The maximum absolute atomic E-state index is 12.1. The molecule has 0 unspecified atom stereocenters. The van der Waals surface area contributed by atoms with E-state index in [1.165, 1.54) is 5.56 Å². The second-order valence-corrected chi connectivity index (χ2v) is 20.3. The third-order valence-electron chi connectivity index (χ3n) is 13.9. The topological polar surface area (TPSA) is 177 Å². The zero-order chi connectivity index (χ0) is 58.9. The summed E-state index contributed by atoms with van der Waals surface area (Å²) in [7, 11) is 4.87. The monoisotopic (exact) mass is 1120 g/mol. The van der Waals surface area contributed by atoms with Crippen molar-refractivity contribution in [1.82, 2.24) is 18.3 Å². The fraction of sp³-hybridized carbons (Fsp3) is 0.224. The third-order valence-corrected chi connectivity index (χ3v) is 13.9. The van der Waals surface area contributed by atoms with Crippen LogP contribution in [0, 0.1) is 41.5 Å². The number of oxazole rings is 4. The lowest BCUT2D eigenvalue weighted by atomic mass is 10.1. The number of benzene rings is 8. The van der Waals surface area contributed by atoms with Crippen LogP contribution in [0.4, 0.5) is 0 Å². The van der Waals surface area contributed by atoms with Crippen LogP contribution in [0.15, 0.2) is 195 Å². The molecule has 4 aromatic heterocycles. The van der Waals surface area contributed by atoms with E-state index in [0.717, 1.165) is 89.4 Å². The highest BCUT2D eigenvalue weighted by atomic mass is 16.5. The molecular weight excluding hydrogens is 1050 g/mol. The second kappa shape index (κ2) is 25.7. The third kappa shape index (κ3) is 13.8. The molecule has 16 nitrogen and oxygen atoms in total. The molecule has 0 amide bonds. The van der Waals surface area contributed by atoms with Crippen molar-refractivity contribution in [2.75, 3.05) is 27.9 Å². The van der Waals surface area contributed by atoms with Crippen LogP contribution in [-0.4, -0.2) is 46.2 Å². The summed E-state index contributed by atoms with van der Waals surface area (Å²) in [5, 5.41) is 0. The van der Waals surface area contributed by atoms with E-state index in [1.807, 2.05) is 188 Å². The first-order valence-electron chi connectivity index (χ1n) is 27.0. The number of nitrogens with zero attached hydrogens (tertiary/aromatic N) is 4. The van der Waals surface area contributed by atoms with E-state index in [9.17, 15) is 19.2 Å². The van der Waals surface area contributed by atoms with Gasteiger partial charge >= 0.3 is 23.0 Å². The van der Waals surface area contributed by atoms with E-state index in [4.69, 9.17) is 36.6 Å². The highest BCUT2D eigenvalue weighted by Gasteiger charge is 2.15. The summed E-state index contributed by atoms with van der Waals surface area (Å²) >= 11 is 0. The van der Waals surface area contributed by atoms with Crippen molar-refractivity contribution < 1.29 is 36.6 Å². The second-order valence-electron chi connectivity index (χ2n) is 20.3. The molecule has 0 saturated carbocycles. The minimum Gasteiger partial charge on any atom is -0.497 e. The van der Waals surface area contributed by atoms with Gasteiger partial charge in [-0.1, -0.05) is 72.3 Å². The van der Waals surface area contributed by atoms with Gasteiger partial charge in [0.25, 0.3) is 0 Å². The molecule has 0 spiro atoms. The average Bonchev–Trinajstić information content (AvgIpc) is 3.42. The Balaban J connectivity index is 0.000000133. The summed E-state index contributed by atoms with van der Waals surface area (Å²) in [6, 6.07) is 50.2. The highest BCUT2D eigenvalue weighted by molar-refractivity contribution is 5.77. The number of hydrogen-bond acceptors (Lipinski definition) is 12. The maximum atomic E-state index is 12.1. The van der Waals surface area contributed by atoms with Gasteiger partial charge in [0.15, 0.2) is 22.3 Å². The predicted octanol–water partition coefficient (Wildman–Crippen LogP) is 12.8. The zero-order valence-corrected chi connectivity index (χ0v) is 48.2. The van der Waals surface area contributed by atoms with Crippen molar-refractivity contribution in [3.05, 3.63) is 256 Å². The minimum atomic E-state index is -0.352. The lowest BCUT2D eigenvalue weighted by Crippen LogP contribution is -2.15. The molecule has 16 heteroatoms. The predicted molar refractivity (Wildman–Crippen MR) is 323 cm³/mol. The Kier molecular flexibility index (Phi) is 17.8. The Labute approximate surface area is 478 Å². The van der Waals surface area contributed by atoms with Gasteiger partial charge < -0.3 is 36.6 Å². The molecular formula is C67H66N4O12. The Morgan fingerprint density at radius 1 is 0.337 bits per heavy atom. The Hall–Kier alpha value is -9.96. The maximum Gasteiger partial charge on any atom is 0.420 e. The van der Waals surface area contributed by atoms with Crippen molar-refractivity contribution >= 4 is 44.4 Å². The molecule has 0 fully saturated rings. The molecule has 0 aliphatic heterocycles. The van der Waals surface area contributed by atoms with Crippen LogP contribution >= 0.6 is 0 Å². The molecule has 0 atom stereocenters. The quantitative estimate of drug-likeness (QED) is 0.107. The largest absolute Gasteiger partial charge is 0.497 e. The number of methoxy groups -OCH3 is 3. The lowest BCUT2D eigenvalue weighted by molar-refractivity contribution is 0.340. The van der Waals surface area contributed by atoms with Crippen molar-refractivity contribution in [3.8, 4) is 23.0 Å². The van der Waals surface area contributed by atoms with Gasteiger partial charge in [-0.25, -0.2) is 19.2 Å². The Morgan fingerprint density at radius 2 is 0.723 bits per heavy atom. The smallest absolute Gasteiger partial charge is 0.420 e. The average molecular weight is 1120 g/mol. The summed E-state index contributed by atoms with van der Waals surface area (Å²) in [5.41, 5.74) is 16.4. The molecule has 0 N–H and O–H groups in total. The van der Waals surface area contributed by atoms with Crippen molar-refractivity contribution in [2.45, 2.75) is 74.6 Å². The van der Waals surface area contributed by atoms with Gasteiger partial charge in [-0.05, 0) is 183 Å². The van der Waals surface area contributed by atoms with E-state index >= 15 is 0 Å². The molecule has 8 aromatic carbocycles. The number of hydrogen-bond donors (Lipinski definition) is 0. The molecule has 83 heavy (non-hydrogen) atoms. The van der Waals surface area contributed by atoms with E-state index < -0.39 is 0 Å². The SMILES string of the molecule is CCOc1cccc(Cn2c(=O)oc3ccc(C)cc32)c1.COc1cc(C)cc(Cn2c(=O)oc3ccc(C)cc32)c1.COc1ccc2oc(=O)n(Cc3cccc(C)c3)c2c1.COc1cccc(Cn2c(=O)oc3cc(C)c(C)cc32)c1. The molecule has 0 aliphatic carbocycles. The first kappa shape index (κ1) is 57.7. The van der Waals surface area contributed by atoms with E-state index in [-0.39, 0.29) is 23.0 Å². The zero-order valence-electron chi connectivity index (χ0n) is 48.2. The van der Waals surface area contributed by atoms with Gasteiger partial charge in [0.1, 0.15) is 23.0 Å². The van der Waals surface area contributed by atoms with Gasteiger partial charge in [-0.3, -0.25) is 18.3 Å². The molecule has 12 rings (SSSR count). The molecule has 0 bridgehead atoms. The lowest BCUT2D eigenvalue weighted by Gasteiger charge is -2.07. The minimum absolute atomic E-state index is 0.335. The molecule has 426 valence electrons. The summed E-state index contributed by atoms with van der Waals surface area (Å²) in [4.78, 5) is 48.2. The first-order valence-corrected chi connectivity index (χ1v) is 27.0. The van der Waals surface area contributed by atoms with Crippen LogP contribution in [0.3, 0.4) is 0 Å². The van der Waals surface area contributed by atoms with Crippen LogP contribution in [0.2, 0.25) is 0 Å². The summed E-state index contributed by atoms with van der Waals surface area (Å²) < 4.78 is 48.9. The normalized spacial score (nSPS) is 11.0. The highest BCUT2D eigenvalue weighted by Crippen LogP contribution is 2.25. The van der Waals surface area contributed by atoms with Gasteiger partial charge in [0.2, 0.25) is 0 Å². The van der Waals surface area contributed by atoms with Crippen molar-refractivity contribution in [2.24, 2.45) is 0 Å². The van der Waals surface area contributed by atoms with Crippen molar-refractivity contribution in [1.29, 1.82) is 0 Å². The summed E-state index contributed by atoms with van der Waals surface area (Å²) in [5.74, 6) is 1.73. The summed E-state index contributed by atoms with van der Waals surface area (Å²) in [6.07, 6.45) is 0. The number of aryl methyl sites for hydroxylation is 6. The van der Waals surface area contributed by atoms with Crippen LogP contribution in [0.5, 0.6) is 23.0 Å². The number of rotatable bonds is 13. The summed E-state index contributed by atoms with van der Waals surface area (Å²) in [6.45, 7) is 16.5. The van der Waals surface area contributed by atoms with E-state index in [1.54, 1.807) is 51.7 Å². The van der Waals surface area contributed by atoms with Crippen LogP contribution in [0.25, 0.3) is 44.4 Å².